The maximum atomic E-state index is 13.1. The van der Waals surface area contributed by atoms with Crippen LogP contribution in [-0.4, -0.2) is 55.1 Å². The zero-order valence-corrected chi connectivity index (χ0v) is 12.2. The summed E-state index contributed by atoms with van der Waals surface area (Å²) in [5, 5.41) is 3.44. The molecule has 4 heteroatoms. The van der Waals surface area contributed by atoms with E-state index < -0.39 is 0 Å². The minimum Gasteiger partial charge on any atom is -0.315 e. The van der Waals surface area contributed by atoms with Crippen molar-refractivity contribution in [1.29, 1.82) is 0 Å². The van der Waals surface area contributed by atoms with Gasteiger partial charge in [0.15, 0.2) is 0 Å². The summed E-state index contributed by atoms with van der Waals surface area (Å²) >= 11 is 0. The summed E-state index contributed by atoms with van der Waals surface area (Å²) in [5.74, 6) is -0.134. The number of hydrogen-bond donors (Lipinski definition) is 1. The smallest absolute Gasteiger partial charge is 0.123 e. The van der Waals surface area contributed by atoms with Gasteiger partial charge in [-0.05, 0) is 43.1 Å². The second-order valence-electron chi connectivity index (χ2n) is 6.03. The molecule has 2 aliphatic heterocycles. The van der Waals surface area contributed by atoms with Crippen molar-refractivity contribution in [3.63, 3.8) is 0 Å². The number of piperazine rings is 1. The van der Waals surface area contributed by atoms with Gasteiger partial charge in [-0.15, -0.1) is 0 Å². The molecule has 2 fully saturated rings. The molecule has 0 aromatic heterocycles. The van der Waals surface area contributed by atoms with E-state index in [2.05, 4.69) is 15.1 Å². The standard InChI is InChI=1S/C16H24FN3/c1-13-10-15(17)3-2-14(13)12-19-6-8-20(9-7-19)16-4-5-18-11-16/h2-3,10,16,18H,4-9,11-12H2,1H3. The summed E-state index contributed by atoms with van der Waals surface area (Å²) < 4.78 is 13.1. The molecule has 0 bridgehead atoms. The van der Waals surface area contributed by atoms with Gasteiger partial charge >= 0.3 is 0 Å². The SMILES string of the molecule is Cc1cc(F)ccc1CN1CCN(C2CCNC2)CC1. The van der Waals surface area contributed by atoms with Crippen LogP contribution in [-0.2, 0) is 6.54 Å². The fourth-order valence-electron chi connectivity index (χ4n) is 3.32. The second-order valence-corrected chi connectivity index (χ2v) is 6.03. The highest BCUT2D eigenvalue weighted by Gasteiger charge is 2.25. The van der Waals surface area contributed by atoms with Gasteiger partial charge < -0.3 is 5.32 Å². The van der Waals surface area contributed by atoms with Crippen molar-refractivity contribution in [2.24, 2.45) is 0 Å². The van der Waals surface area contributed by atoms with Crippen LogP contribution in [0.15, 0.2) is 18.2 Å². The van der Waals surface area contributed by atoms with Crippen molar-refractivity contribution in [2.45, 2.75) is 25.9 Å². The molecule has 0 spiro atoms. The van der Waals surface area contributed by atoms with Crippen LogP contribution in [0, 0.1) is 12.7 Å². The molecule has 2 saturated heterocycles. The number of aryl methyl sites for hydroxylation is 1. The van der Waals surface area contributed by atoms with Crippen molar-refractivity contribution in [3.05, 3.63) is 35.1 Å². The van der Waals surface area contributed by atoms with Crippen molar-refractivity contribution in [2.75, 3.05) is 39.3 Å². The molecule has 3 nitrogen and oxygen atoms in total. The predicted molar refractivity (Wildman–Crippen MR) is 79.3 cm³/mol. The summed E-state index contributed by atoms with van der Waals surface area (Å²) in [6.45, 7) is 9.82. The first-order chi connectivity index (χ1) is 9.72. The number of benzene rings is 1. The Balaban J connectivity index is 1.53. The Bertz CT molecular complexity index is 449. The molecule has 1 aromatic carbocycles. The molecule has 0 radical (unpaired) electrons. The molecular formula is C16H24FN3. The van der Waals surface area contributed by atoms with Gasteiger partial charge in [0.1, 0.15) is 5.82 Å². The molecule has 1 N–H and O–H groups in total. The summed E-state index contributed by atoms with van der Waals surface area (Å²) in [6.07, 6.45) is 1.29. The molecule has 110 valence electrons. The van der Waals surface area contributed by atoms with E-state index >= 15 is 0 Å². The molecule has 2 heterocycles. The Morgan fingerprint density at radius 2 is 2.05 bits per heavy atom. The van der Waals surface area contributed by atoms with E-state index in [1.54, 1.807) is 12.1 Å². The third-order valence-electron chi connectivity index (χ3n) is 4.66. The summed E-state index contributed by atoms with van der Waals surface area (Å²) in [4.78, 5) is 5.10. The summed E-state index contributed by atoms with van der Waals surface area (Å²) in [6, 6.07) is 5.88. The Labute approximate surface area is 120 Å². The number of rotatable bonds is 3. The van der Waals surface area contributed by atoms with Crippen LogP contribution in [0.2, 0.25) is 0 Å². The summed E-state index contributed by atoms with van der Waals surface area (Å²) in [5.41, 5.74) is 2.31. The normalized spacial score (nSPS) is 25.2. The topological polar surface area (TPSA) is 18.5 Å². The molecule has 0 saturated carbocycles. The highest BCUT2D eigenvalue weighted by atomic mass is 19.1. The lowest BCUT2D eigenvalue weighted by Gasteiger charge is -2.38. The van der Waals surface area contributed by atoms with Gasteiger partial charge in [0.05, 0.1) is 0 Å². The highest BCUT2D eigenvalue weighted by Crippen LogP contribution is 2.16. The van der Waals surface area contributed by atoms with Gasteiger partial charge in [-0.3, -0.25) is 9.80 Å². The van der Waals surface area contributed by atoms with Crippen LogP contribution in [0.25, 0.3) is 0 Å². The van der Waals surface area contributed by atoms with Gasteiger partial charge in [-0.1, -0.05) is 6.07 Å². The van der Waals surface area contributed by atoms with Gasteiger partial charge in [0, 0.05) is 45.3 Å². The molecular weight excluding hydrogens is 253 g/mol. The maximum Gasteiger partial charge on any atom is 0.123 e. The van der Waals surface area contributed by atoms with E-state index in [1.165, 1.54) is 18.5 Å². The highest BCUT2D eigenvalue weighted by molar-refractivity contribution is 5.26. The average Bonchev–Trinajstić information content (AvgIpc) is 2.97. The molecule has 1 unspecified atom stereocenters. The van der Waals surface area contributed by atoms with Crippen LogP contribution in [0.1, 0.15) is 17.5 Å². The third-order valence-corrected chi connectivity index (χ3v) is 4.66. The molecule has 1 aromatic rings. The van der Waals surface area contributed by atoms with Gasteiger partial charge in [-0.2, -0.15) is 0 Å². The van der Waals surface area contributed by atoms with E-state index in [4.69, 9.17) is 0 Å². The van der Waals surface area contributed by atoms with E-state index in [1.807, 2.05) is 13.0 Å². The summed E-state index contributed by atoms with van der Waals surface area (Å²) in [7, 11) is 0. The van der Waals surface area contributed by atoms with E-state index in [-0.39, 0.29) is 5.82 Å². The van der Waals surface area contributed by atoms with Crippen LogP contribution in [0.3, 0.4) is 0 Å². The maximum absolute atomic E-state index is 13.1. The molecule has 1 atom stereocenters. The zero-order valence-electron chi connectivity index (χ0n) is 12.2. The molecule has 2 aliphatic rings. The van der Waals surface area contributed by atoms with Crippen molar-refractivity contribution >= 4 is 0 Å². The molecule has 0 amide bonds. The molecule has 20 heavy (non-hydrogen) atoms. The zero-order chi connectivity index (χ0) is 13.9. The Hall–Kier alpha value is -0.970. The van der Waals surface area contributed by atoms with Gasteiger partial charge in [0.2, 0.25) is 0 Å². The lowest BCUT2D eigenvalue weighted by atomic mass is 10.1. The number of nitrogens with one attached hydrogen (secondary N) is 1. The Morgan fingerprint density at radius 1 is 1.25 bits per heavy atom. The lowest BCUT2D eigenvalue weighted by Crippen LogP contribution is -2.50. The second kappa shape index (κ2) is 6.20. The number of nitrogens with zero attached hydrogens (tertiary/aromatic N) is 2. The quantitative estimate of drug-likeness (QED) is 0.905. The Morgan fingerprint density at radius 3 is 2.70 bits per heavy atom. The number of hydrogen-bond acceptors (Lipinski definition) is 3. The minimum absolute atomic E-state index is 0.134. The number of halogens is 1. The van der Waals surface area contributed by atoms with E-state index in [0.717, 1.165) is 50.9 Å². The minimum atomic E-state index is -0.134. The molecule has 0 aliphatic carbocycles. The van der Waals surface area contributed by atoms with Crippen LogP contribution < -0.4 is 5.32 Å². The first-order valence-corrected chi connectivity index (χ1v) is 7.64. The monoisotopic (exact) mass is 277 g/mol. The van der Waals surface area contributed by atoms with E-state index in [0.29, 0.717) is 0 Å². The van der Waals surface area contributed by atoms with Crippen LogP contribution in [0.5, 0.6) is 0 Å². The van der Waals surface area contributed by atoms with Crippen molar-refractivity contribution in [3.8, 4) is 0 Å². The van der Waals surface area contributed by atoms with Crippen LogP contribution >= 0.6 is 0 Å². The fourth-order valence-corrected chi connectivity index (χ4v) is 3.32. The largest absolute Gasteiger partial charge is 0.315 e. The van der Waals surface area contributed by atoms with Gasteiger partial charge in [0.25, 0.3) is 0 Å². The van der Waals surface area contributed by atoms with E-state index in [9.17, 15) is 4.39 Å². The predicted octanol–water partition coefficient (Wildman–Crippen LogP) is 1.61. The van der Waals surface area contributed by atoms with Crippen LogP contribution in [0.4, 0.5) is 4.39 Å². The average molecular weight is 277 g/mol. The Kier molecular flexibility index (Phi) is 4.34. The first-order valence-electron chi connectivity index (χ1n) is 7.64. The third kappa shape index (κ3) is 3.19. The first kappa shape index (κ1) is 14.0. The van der Waals surface area contributed by atoms with Gasteiger partial charge in [-0.25, -0.2) is 4.39 Å². The lowest BCUT2D eigenvalue weighted by molar-refractivity contribution is 0.0980. The van der Waals surface area contributed by atoms with Crippen molar-refractivity contribution < 1.29 is 4.39 Å². The fraction of sp³-hybridized carbons (Fsp3) is 0.625. The van der Waals surface area contributed by atoms with Crippen molar-refractivity contribution in [1.82, 2.24) is 15.1 Å². The molecule has 3 rings (SSSR count).